The van der Waals surface area contributed by atoms with E-state index in [1.165, 1.54) is 6.26 Å². The highest BCUT2D eigenvalue weighted by Crippen LogP contribution is 2.26. The Morgan fingerprint density at radius 3 is 2.86 bits per heavy atom. The Morgan fingerprint density at radius 1 is 1.29 bits per heavy atom. The van der Waals surface area contributed by atoms with Gasteiger partial charge in [-0.1, -0.05) is 35.9 Å². The van der Waals surface area contributed by atoms with E-state index in [0.29, 0.717) is 16.7 Å². The van der Waals surface area contributed by atoms with E-state index < -0.39 is 5.60 Å². The summed E-state index contributed by atoms with van der Waals surface area (Å²) in [5.41, 5.74) is -1.12. The number of nitrogens with zero attached hydrogens (tertiary/aromatic N) is 1. The van der Waals surface area contributed by atoms with Crippen LogP contribution in [0.4, 0.5) is 5.82 Å². The van der Waals surface area contributed by atoms with Crippen LogP contribution in [0.5, 0.6) is 0 Å². The minimum atomic E-state index is -1.12. The van der Waals surface area contributed by atoms with Crippen LogP contribution in [-0.4, -0.2) is 16.6 Å². The normalized spacial score (nSPS) is 14.0. The van der Waals surface area contributed by atoms with E-state index in [0.717, 1.165) is 10.8 Å². The van der Waals surface area contributed by atoms with Crippen LogP contribution < -0.4 is 5.32 Å². The van der Waals surface area contributed by atoms with Crippen LogP contribution in [0, 0.1) is 0 Å². The van der Waals surface area contributed by atoms with Gasteiger partial charge in [-0.15, -0.1) is 0 Å². The van der Waals surface area contributed by atoms with Crippen LogP contribution >= 0.6 is 11.6 Å². The number of furan rings is 1. The van der Waals surface area contributed by atoms with Crippen LogP contribution in [0.3, 0.4) is 0 Å². The summed E-state index contributed by atoms with van der Waals surface area (Å²) < 4.78 is 5.24. The Bertz CT molecular complexity index is 754. The second kappa shape index (κ2) is 5.39. The first-order valence-corrected chi connectivity index (χ1v) is 6.99. The summed E-state index contributed by atoms with van der Waals surface area (Å²) in [5.74, 6) is 1.12. The molecule has 3 aromatic rings. The number of hydrogen-bond donors (Lipinski definition) is 2. The lowest BCUT2D eigenvalue weighted by atomic mass is 10.0. The van der Waals surface area contributed by atoms with Gasteiger partial charge in [-0.3, -0.25) is 0 Å². The minimum absolute atomic E-state index is 0.266. The average molecular weight is 303 g/mol. The predicted octanol–water partition coefficient (Wildman–Crippen LogP) is 3.80. The molecule has 108 valence electrons. The number of rotatable bonds is 4. The van der Waals surface area contributed by atoms with E-state index in [2.05, 4.69) is 10.3 Å². The maximum atomic E-state index is 10.4. The molecule has 21 heavy (non-hydrogen) atoms. The Labute approximate surface area is 127 Å². The number of nitrogens with one attached hydrogen (secondary N) is 1. The molecular weight excluding hydrogens is 288 g/mol. The van der Waals surface area contributed by atoms with Gasteiger partial charge >= 0.3 is 0 Å². The molecule has 0 aliphatic heterocycles. The Kier molecular flexibility index (Phi) is 3.57. The zero-order chi connectivity index (χ0) is 14.9. The van der Waals surface area contributed by atoms with Crippen LogP contribution in [0.15, 0.2) is 53.1 Å². The molecule has 0 saturated heterocycles. The van der Waals surface area contributed by atoms with Crippen molar-refractivity contribution in [2.45, 2.75) is 12.5 Å². The fourth-order valence-corrected chi connectivity index (χ4v) is 2.44. The van der Waals surface area contributed by atoms with Crippen LogP contribution in [-0.2, 0) is 5.60 Å². The molecule has 0 amide bonds. The van der Waals surface area contributed by atoms with Gasteiger partial charge in [0, 0.05) is 5.39 Å². The number of benzene rings is 1. The quantitative estimate of drug-likeness (QED) is 0.720. The maximum Gasteiger partial charge on any atom is 0.139 e. The molecule has 1 aromatic carbocycles. The summed E-state index contributed by atoms with van der Waals surface area (Å²) >= 11 is 6.18. The lowest BCUT2D eigenvalue weighted by molar-refractivity contribution is 0.0476. The molecule has 1 atom stereocenters. The highest BCUT2D eigenvalue weighted by molar-refractivity contribution is 6.34. The topological polar surface area (TPSA) is 58.3 Å². The second-order valence-electron chi connectivity index (χ2n) is 5.12. The summed E-state index contributed by atoms with van der Waals surface area (Å²) in [7, 11) is 0. The van der Waals surface area contributed by atoms with Gasteiger partial charge in [-0.25, -0.2) is 4.98 Å². The van der Waals surface area contributed by atoms with Crippen molar-refractivity contribution in [3.8, 4) is 0 Å². The summed E-state index contributed by atoms with van der Waals surface area (Å²) in [6, 6.07) is 13.1. The molecule has 0 radical (unpaired) electrons. The Hall–Kier alpha value is -2.04. The number of aromatic nitrogens is 1. The summed E-state index contributed by atoms with van der Waals surface area (Å²) in [6.07, 6.45) is 1.54. The van der Waals surface area contributed by atoms with Gasteiger partial charge < -0.3 is 14.8 Å². The minimum Gasteiger partial charge on any atom is -0.466 e. The summed E-state index contributed by atoms with van der Waals surface area (Å²) in [4.78, 5) is 4.30. The zero-order valence-corrected chi connectivity index (χ0v) is 12.3. The molecule has 0 bridgehead atoms. The van der Waals surface area contributed by atoms with Crippen molar-refractivity contribution in [1.29, 1.82) is 0 Å². The van der Waals surface area contributed by atoms with Gasteiger partial charge in [0.25, 0.3) is 0 Å². The molecule has 0 spiro atoms. The molecule has 4 nitrogen and oxygen atoms in total. The van der Waals surface area contributed by atoms with Crippen LogP contribution in [0.1, 0.15) is 12.7 Å². The van der Waals surface area contributed by atoms with Crippen molar-refractivity contribution in [2.75, 3.05) is 11.9 Å². The number of fused-ring (bicyclic) bond motifs is 1. The van der Waals surface area contributed by atoms with Gasteiger partial charge in [0.15, 0.2) is 0 Å². The standard InChI is InChI=1S/C16H15ClN2O2/c1-16(20,13-7-4-8-21-13)10-18-14-9-11-5-2-3-6-12(11)15(17)19-14/h2-9,20H,10H2,1H3,(H,18,19). The molecule has 0 aliphatic rings. The van der Waals surface area contributed by atoms with Gasteiger partial charge in [0.2, 0.25) is 0 Å². The lowest BCUT2D eigenvalue weighted by Gasteiger charge is -2.21. The first-order chi connectivity index (χ1) is 10.1. The molecule has 2 aromatic heterocycles. The van der Waals surface area contributed by atoms with E-state index >= 15 is 0 Å². The second-order valence-corrected chi connectivity index (χ2v) is 5.48. The molecule has 3 rings (SSSR count). The first-order valence-electron chi connectivity index (χ1n) is 6.62. The number of aliphatic hydroxyl groups is 1. The molecule has 2 heterocycles. The van der Waals surface area contributed by atoms with E-state index in [9.17, 15) is 5.11 Å². The zero-order valence-electron chi connectivity index (χ0n) is 11.5. The van der Waals surface area contributed by atoms with Crippen LogP contribution in [0.25, 0.3) is 10.8 Å². The van der Waals surface area contributed by atoms with Gasteiger partial charge in [0.1, 0.15) is 22.3 Å². The predicted molar refractivity (Wildman–Crippen MR) is 83.5 cm³/mol. The van der Waals surface area contributed by atoms with Crippen molar-refractivity contribution in [1.82, 2.24) is 4.98 Å². The first kappa shape index (κ1) is 13.9. The van der Waals surface area contributed by atoms with Crippen molar-refractivity contribution < 1.29 is 9.52 Å². The number of halogens is 1. The van der Waals surface area contributed by atoms with Crippen molar-refractivity contribution in [2.24, 2.45) is 0 Å². The molecule has 0 saturated carbocycles. The Morgan fingerprint density at radius 2 is 2.10 bits per heavy atom. The lowest BCUT2D eigenvalue weighted by Crippen LogP contribution is -2.30. The van der Waals surface area contributed by atoms with Crippen molar-refractivity contribution in [3.63, 3.8) is 0 Å². The fourth-order valence-electron chi connectivity index (χ4n) is 2.18. The molecule has 1 unspecified atom stereocenters. The third-order valence-corrected chi connectivity index (χ3v) is 3.65. The summed E-state index contributed by atoms with van der Waals surface area (Å²) in [6.45, 7) is 1.95. The molecule has 5 heteroatoms. The third kappa shape index (κ3) is 2.86. The molecule has 2 N–H and O–H groups in total. The SMILES string of the molecule is CC(O)(CNc1cc2ccccc2c(Cl)n1)c1ccco1. The van der Waals surface area contributed by atoms with Crippen LogP contribution in [0.2, 0.25) is 5.15 Å². The highest BCUT2D eigenvalue weighted by atomic mass is 35.5. The number of hydrogen-bond acceptors (Lipinski definition) is 4. The van der Waals surface area contributed by atoms with Crippen molar-refractivity contribution >= 4 is 28.2 Å². The Balaban J connectivity index is 1.82. The highest BCUT2D eigenvalue weighted by Gasteiger charge is 2.26. The fraction of sp³-hybridized carbons (Fsp3) is 0.188. The maximum absolute atomic E-state index is 10.4. The summed E-state index contributed by atoms with van der Waals surface area (Å²) in [5, 5.41) is 15.8. The van der Waals surface area contributed by atoms with E-state index in [4.69, 9.17) is 16.0 Å². The smallest absolute Gasteiger partial charge is 0.139 e. The third-order valence-electron chi connectivity index (χ3n) is 3.36. The average Bonchev–Trinajstić information content (AvgIpc) is 3.00. The monoisotopic (exact) mass is 302 g/mol. The largest absolute Gasteiger partial charge is 0.466 e. The molecule has 0 fully saturated rings. The number of anilines is 1. The number of pyridine rings is 1. The van der Waals surface area contributed by atoms with E-state index in [-0.39, 0.29) is 6.54 Å². The van der Waals surface area contributed by atoms with E-state index in [1.54, 1.807) is 19.1 Å². The van der Waals surface area contributed by atoms with Gasteiger partial charge in [-0.05, 0) is 30.5 Å². The van der Waals surface area contributed by atoms with Gasteiger partial charge in [0.05, 0.1) is 12.8 Å². The van der Waals surface area contributed by atoms with E-state index in [1.807, 2.05) is 30.3 Å². The molecule has 0 aliphatic carbocycles. The molecular formula is C16H15ClN2O2. The van der Waals surface area contributed by atoms with Gasteiger partial charge in [-0.2, -0.15) is 0 Å². The van der Waals surface area contributed by atoms with Crippen molar-refractivity contribution in [3.05, 3.63) is 59.6 Å².